The Bertz CT molecular complexity index is 1130. The van der Waals surface area contributed by atoms with Gasteiger partial charge in [0.05, 0.1) is 11.4 Å². The molecule has 1 aliphatic heterocycles. The SMILES string of the molecule is Cc1cccc(CN2C(=O)c3cc(-c4cccs4)nn3CC2(C)C(=O)NC(C)(C)C)c1. The van der Waals surface area contributed by atoms with Gasteiger partial charge >= 0.3 is 0 Å². The minimum absolute atomic E-state index is 0.181. The predicted molar refractivity (Wildman–Crippen MR) is 123 cm³/mol. The molecule has 1 atom stereocenters. The van der Waals surface area contributed by atoms with Crippen LogP contribution in [0.25, 0.3) is 10.6 Å². The van der Waals surface area contributed by atoms with Gasteiger partial charge in [-0.2, -0.15) is 5.10 Å². The molecule has 6 nitrogen and oxygen atoms in total. The maximum Gasteiger partial charge on any atom is 0.273 e. The lowest BCUT2D eigenvalue weighted by atomic mass is 9.92. The number of carbonyl (C=O) groups excluding carboxylic acids is 2. The average Bonchev–Trinajstić information content (AvgIpc) is 3.33. The van der Waals surface area contributed by atoms with Gasteiger partial charge < -0.3 is 10.2 Å². The number of benzene rings is 1. The Morgan fingerprint density at radius 2 is 2.00 bits per heavy atom. The highest BCUT2D eigenvalue weighted by Gasteiger charge is 2.48. The van der Waals surface area contributed by atoms with Crippen LogP contribution in [0.1, 0.15) is 49.3 Å². The van der Waals surface area contributed by atoms with E-state index in [-0.39, 0.29) is 11.8 Å². The molecule has 0 spiro atoms. The Labute approximate surface area is 186 Å². The Kier molecular flexibility index (Phi) is 5.25. The first-order chi connectivity index (χ1) is 14.6. The number of nitrogens with zero attached hydrogens (tertiary/aromatic N) is 3. The zero-order valence-corrected chi connectivity index (χ0v) is 19.4. The van der Waals surface area contributed by atoms with Crippen LogP contribution in [0.5, 0.6) is 0 Å². The minimum Gasteiger partial charge on any atom is -0.349 e. The molecule has 4 rings (SSSR count). The zero-order valence-electron chi connectivity index (χ0n) is 18.6. The van der Waals surface area contributed by atoms with Crippen LogP contribution in [-0.4, -0.2) is 37.6 Å². The highest BCUT2D eigenvalue weighted by molar-refractivity contribution is 7.13. The van der Waals surface area contributed by atoms with Crippen molar-refractivity contribution in [3.05, 3.63) is 64.7 Å². The van der Waals surface area contributed by atoms with Crippen LogP contribution in [0.15, 0.2) is 47.8 Å². The number of aromatic nitrogens is 2. The fourth-order valence-corrected chi connectivity index (χ4v) is 4.58. The van der Waals surface area contributed by atoms with E-state index in [9.17, 15) is 9.59 Å². The molecule has 1 N–H and O–H groups in total. The number of hydrogen-bond donors (Lipinski definition) is 1. The Morgan fingerprint density at radius 3 is 2.65 bits per heavy atom. The molecule has 1 aromatic carbocycles. The van der Waals surface area contributed by atoms with Crippen molar-refractivity contribution < 1.29 is 9.59 Å². The first-order valence-corrected chi connectivity index (χ1v) is 11.3. The summed E-state index contributed by atoms with van der Waals surface area (Å²) >= 11 is 1.58. The summed E-state index contributed by atoms with van der Waals surface area (Å²) in [5.74, 6) is -0.366. The van der Waals surface area contributed by atoms with E-state index in [1.54, 1.807) is 20.9 Å². The number of aryl methyl sites for hydroxylation is 1. The molecule has 3 aromatic rings. The van der Waals surface area contributed by atoms with E-state index < -0.39 is 11.1 Å². The molecule has 162 valence electrons. The molecule has 0 saturated carbocycles. The highest BCUT2D eigenvalue weighted by atomic mass is 32.1. The van der Waals surface area contributed by atoms with Crippen molar-refractivity contribution in [3.63, 3.8) is 0 Å². The maximum atomic E-state index is 13.7. The molecule has 3 heterocycles. The van der Waals surface area contributed by atoms with E-state index >= 15 is 0 Å². The molecular weight excluding hydrogens is 408 g/mol. The Hall–Kier alpha value is -2.93. The van der Waals surface area contributed by atoms with Crippen LogP contribution >= 0.6 is 11.3 Å². The molecular formula is C24H28N4O2S. The summed E-state index contributed by atoms with van der Waals surface area (Å²) in [6.45, 7) is 10.3. The van der Waals surface area contributed by atoms with Crippen LogP contribution in [0.2, 0.25) is 0 Å². The number of carbonyl (C=O) groups is 2. The normalized spacial score (nSPS) is 18.7. The van der Waals surface area contributed by atoms with Crippen molar-refractivity contribution in [1.29, 1.82) is 0 Å². The third-order valence-electron chi connectivity index (χ3n) is 5.47. The predicted octanol–water partition coefficient (Wildman–Crippen LogP) is 4.25. The van der Waals surface area contributed by atoms with Crippen molar-refractivity contribution in [3.8, 4) is 10.6 Å². The van der Waals surface area contributed by atoms with E-state index in [0.717, 1.165) is 21.7 Å². The summed E-state index contributed by atoms with van der Waals surface area (Å²) < 4.78 is 1.69. The smallest absolute Gasteiger partial charge is 0.273 e. The number of thiophene rings is 1. The van der Waals surface area contributed by atoms with E-state index in [2.05, 4.69) is 16.5 Å². The van der Waals surface area contributed by atoms with Gasteiger partial charge in [-0.25, -0.2) is 0 Å². The average molecular weight is 437 g/mol. The second-order valence-electron chi connectivity index (χ2n) is 9.41. The van der Waals surface area contributed by atoms with E-state index in [1.807, 2.05) is 76.4 Å². The Balaban J connectivity index is 1.77. The summed E-state index contributed by atoms with van der Waals surface area (Å²) in [4.78, 5) is 29.8. The molecule has 1 unspecified atom stereocenters. The lowest BCUT2D eigenvalue weighted by molar-refractivity contribution is -0.135. The van der Waals surface area contributed by atoms with E-state index in [1.165, 1.54) is 0 Å². The standard InChI is InChI=1S/C24H28N4O2S/c1-16-8-6-9-17(12-16)14-27-21(29)19-13-18(20-10-7-11-31-20)26-28(19)15-24(27,5)22(30)25-23(2,3)4/h6-13H,14-15H2,1-5H3,(H,25,30). The highest BCUT2D eigenvalue weighted by Crippen LogP contribution is 2.33. The summed E-state index contributed by atoms with van der Waals surface area (Å²) in [5.41, 5.74) is 1.90. The van der Waals surface area contributed by atoms with Gasteiger partial charge in [0.2, 0.25) is 5.91 Å². The number of amides is 2. The molecule has 0 aliphatic carbocycles. The molecule has 0 fully saturated rings. The summed E-state index contributed by atoms with van der Waals surface area (Å²) in [5, 5.41) is 9.73. The fourth-order valence-electron chi connectivity index (χ4n) is 3.90. The van der Waals surface area contributed by atoms with Gasteiger partial charge in [0.25, 0.3) is 5.91 Å². The molecule has 7 heteroatoms. The van der Waals surface area contributed by atoms with Crippen molar-refractivity contribution in [2.75, 3.05) is 0 Å². The lowest BCUT2D eigenvalue weighted by Gasteiger charge is -2.44. The van der Waals surface area contributed by atoms with Gasteiger partial charge in [0, 0.05) is 12.1 Å². The van der Waals surface area contributed by atoms with Gasteiger partial charge in [-0.15, -0.1) is 11.3 Å². The Morgan fingerprint density at radius 1 is 1.23 bits per heavy atom. The molecule has 0 bridgehead atoms. The largest absolute Gasteiger partial charge is 0.349 e. The zero-order chi connectivity index (χ0) is 22.4. The lowest BCUT2D eigenvalue weighted by Crippen LogP contribution is -2.65. The second kappa shape index (κ2) is 7.64. The quantitative estimate of drug-likeness (QED) is 0.665. The second-order valence-corrected chi connectivity index (χ2v) is 10.4. The summed E-state index contributed by atoms with van der Waals surface area (Å²) in [7, 11) is 0. The molecule has 1 aliphatic rings. The van der Waals surface area contributed by atoms with Gasteiger partial charge in [-0.05, 0) is 57.7 Å². The third-order valence-corrected chi connectivity index (χ3v) is 6.36. The third kappa shape index (κ3) is 4.14. The fraction of sp³-hybridized carbons (Fsp3) is 0.375. The first-order valence-electron chi connectivity index (χ1n) is 10.4. The van der Waals surface area contributed by atoms with Crippen LogP contribution in [0.4, 0.5) is 0 Å². The number of rotatable bonds is 4. The molecule has 31 heavy (non-hydrogen) atoms. The van der Waals surface area contributed by atoms with Crippen LogP contribution in [-0.2, 0) is 17.9 Å². The van der Waals surface area contributed by atoms with Gasteiger partial charge in [0.15, 0.2) is 0 Å². The molecule has 0 radical (unpaired) electrons. The number of hydrogen-bond acceptors (Lipinski definition) is 4. The minimum atomic E-state index is -1.07. The van der Waals surface area contributed by atoms with E-state index in [4.69, 9.17) is 0 Å². The topological polar surface area (TPSA) is 67.2 Å². The van der Waals surface area contributed by atoms with Gasteiger partial charge in [0.1, 0.15) is 16.9 Å². The first kappa shape index (κ1) is 21.3. The monoisotopic (exact) mass is 436 g/mol. The maximum absolute atomic E-state index is 13.7. The van der Waals surface area contributed by atoms with Crippen molar-refractivity contribution in [2.24, 2.45) is 0 Å². The molecule has 2 aromatic heterocycles. The van der Waals surface area contributed by atoms with Gasteiger partial charge in [-0.1, -0.05) is 35.9 Å². The van der Waals surface area contributed by atoms with Crippen molar-refractivity contribution in [1.82, 2.24) is 20.0 Å². The van der Waals surface area contributed by atoms with Crippen molar-refractivity contribution in [2.45, 2.75) is 58.8 Å². The van der Waals surface area contributed by atoms with Crippen LogP contribution in [0.3, 0.4) is 0 Å². The summed E-state index contributed by atoms with van der Waals surface area (Å²) in [6.07, 6.45) is 0. The van der Waals surface area contributed by atoms with Gasteiger partial charge in [-0.3, -0.25) is 14.3 Å². The van der Waals surface area contributed by atoms with Crippen LogP contribution < -0.4 is 5.32 Å². The van der Waals surface area contributed by atoms with Crippen LogP contribution in [0, 0.1) is 6.92 Å². The number of fused-ring (bicyclic) bond motifs is 1. The van der Waals surface area contributed by atoms with Crippen molar-refractivity contribution >= 4 is 23.2 Å². The summed E-state index contributed by atoms with van der Waals surface area (Å²) in [6, 6.07) is 13.8. The molecule has 0 saturated heterocycles. The van der Waals surface area contributed by atoms with E-state index in [0.29, 0.717) is 18.8 Å². The molecule has 2 amide bonds. The number of nitrogens with one attached hydrogen (secondary N) is 1.